The zero-order valence-corrected chi connectivity index (χ0v) is 15.3. The second kappa shape index (κ2) is 6.57. The molecule has 26 heavy (non-hydrogen) atoms. The summed E-state index contributed by atoms with van der Waals surface area (Å²) in [6.45, 7) is 0.862. The van der Waals surface area contributed by atoms with Crippen LogP contribution in [0, 0.1) is 5.92 Å². The van der Waals surface area contributed by atoms with Gasteiger partial charge in [0.25, 0.3) is 5.91 Å². The lowest BCUT2D eigenvalue weighted by Crippen LogP contribution is -2.52. The molecular formula is C22H27N3O. The Labute approximate surface area is 155 Å². The second-order valence-corrected chi connectivity index (χ2v) is 8.20. The Bertz CT molecular complexity index is 797. The number of hydrogen-bond acceptors (Lipinski definition) is 2. The lowest BCUT2D eigenvalue weighted by atomic mass is 9.69. The number of benzene rings is 1. The number of amides is 1. The molecule has 3 atom stereocenters. The highest BCUT2D eigenvalue weighted by molar-refractivity contribution is 5.94. The Morgan fingerprint density at radius 2 is 1.88 bits per heavy atom. The Balaban J connectivity index is 1.43. The van der Waals surface area contributed by atoms with E-state index in [4.69, 9.17) is 0 Å². The number of aromatic nitrogens is 2. The van der Waals surface area contributed by atoms with E-state index in [1.54, 1.807) is 0 Å². The molecular weight excluding hydrogens is 322 g/mol. The molecule has 1 saturated heterocycles. The number of aryl methyl sites for hydroxylation is 1. The van der Waals surface area contributed by atoms with Gasteiger partial charge in [0, 0.05) is 23.8 Å². The number of nitrogens with zero attached hydrogens (tertiary/aromatic N) is 2. The van der Waals surface area contributed by atoms with Gasteiger partial charge in [0.05, 0.1) is 0 Å². The van der Waals surface area contributed by atoms with E-state index in [-0.39, 0.29) is 5.91 Å². The van der Waals surface area contributed by atoms with Crippen LogP contribution in [0.5, 0.6) is 0 Å². The summed E-state index contributed by atoms with van der Waals surface area (Å²) in [5, 5.41) is 7.53. The van der Waals surface area contributed by atoms with Gasteiger partial charge in [-0.2, -0.15) is 5.10 Å². The summed E-state index contributed by atoms with van der Waals surface area (Å²) >= 11 is 0. The van der Waals surface area contributed by atoms with Crippen LogP contribution in [0.15, 0.2) is 30.3 Å². The Morgan fingerprint density at radius 3 is 2.77 bits per heavy atom. The van der Waals surface area contributed by atoms with Crippen LogP contribution in [0.4, 0.5) is 0 Å². The van der Waals surface area contributed by atoms with Gasteiger partial charge in [-0.25, -0.2) is 0 Å². The van der Waals surface area contributed by atoms with Crippen molar-refractivity contribution in [3.63, 3.8) is 0 Å². The van der Waals surface area contributed by atoms with Gasteiger partial charge in [-0.15, -0.1) is 0 Å². The second-order valence-electron chi connectivity index (χ2n) is 8.20. The SMILES string of the molecule is O=C(c1n[nH]c2c1CCC2)N1CC[C@H](c2ccccc2)[C@H]2CCCC[C@H]21. The molecule has 0 spiro atoms. The highest BCUT2D eigenvalue weighted by atomic mass is 16.2. The minimum atomic E-state index is 0.174. The molecule has 1 amide bonds. The molecule has 1 aliphatic heterocycles. The molecule has 3 aliphatic rings. The molecule has 4 heteroatoms. The van der Waals surface area contributed by atoms with Crippen molar-refractivity contribution in [3.05, 3.63) is 52.8 Å². The number of carbonyl (C=O) groups excluding carboxylic acids is 1. The van der Waals surface area contributed by atoms with Crippen LogP contribution < -0.4 is 0 Å². The molecule has 0 bridgehead atoms. The predicted octanol–water partition coefficient (Wildman–Crippen LogP) is 4.09. The number of rotatable bonds is 2. The van der Waals surface area contributed by atoms with Crippen LogP contribution in [-0.2, 0) is 12.8 Å². The summed E-state index contributed by atoms with van der Waals surface area (Å²) in [6.07, 6.45) is 9.18. The molecule has 0 unspecified atom stereocenters. The van der Waals surface area contributed by atoms with E-state index in [0.29, 0.717) is 23.6 Å². The summed E-state index contributed by atoms with van der Waals surface area (Å²) in [7, 11) is 0. The molecule has 1 aromatic carbocycles. The fourth-order valence-electron chi connectivity index (χ4n) is 5.65. The number of hydrogen-bond donors (Lipinski definition) is 1. The van der Waals surface area contributed by atoms with Crippen LogP contribution in [0.3, 0.4) is 0 Å². The smallest absolute Gasteiger partial charge is 0.274 e. The Kier molecular flexibility index (Phi) is 4.07. The largest absolute Gasteiger partial charge is 0.334 e. The van der Waals surface area contributed by atoms with Gasteiger partial charge in [-0.05, 0) is 55.9 Å². The first-order chi connectivity index (χ1) is 12.8. The van der Waals surface area contributed by atoms with Crippen LogP contribution in [0.25, 0.3) is 0 Å². The molecule has 0 radical (unpaired) electrons. The monoisotopic (exact) mass is 349 g/mol. The molecule has 5 rings (SSSR count). The summed E-state index contributed by atoms with van der Waals surface area (Å²) in [5.41, 5.74) is 4.54. The minimum absolute atomic E-state index is 0.174. The quantitative estimate of drug-likeness (QED) is 0.888. The molecule has 2 aliphatic carbocycles. The lowest BCUT2D eigenvalue weighted by Gasteiger charge is -2.48. The fourth-order valence-corrected chi connectivity index (χ4v) is 5.65. The number of H-pyrrole nitrogens is 1. The number of fused-ring (bicyclic) bond motifs is 2. The van der Waals surface area contributed by atoms with Crippen molar-refractivity contribution in [2.75, 3.05) is 6.54 Å². The third kappa shape index (κ3) is 2.58. The molecule has 2 aromatic rings. The van der Waals surface area contributed by atoms with Gasteiger partial charge in [0.2, 0.25) is 0 Å². The topological polar surface area (TPSA) is 49.0 Å². The third-order valence-corrected chi connectivity index (χ3v) is 6.88. The molecule has 136 valence electrons. The zero-order chi connectivity index (χ0) is 17.5. The maximum atomic E-state index is 13.4. The van der Waals surface area contributed by atoms with Gasteiger partial charge in [0.15, 0.2) is 5.69 Å². The summed E-state index contributed by atoms with van der Waals surface area (Å²) in [4.78, 5) is 15.5. The molecule has 2 fully saturated rings. The first kappa shape index (κ1) is 16.1. The zero-order valence-electron chi connectivity index (χ0n) is 15.3. The van der Waals surface area contributed by atoms with E-state index in [1.807, 2.05) is 0 Å². The van der Waals surface area contributed by atoms with E-state index in [9.17, 15) is 4.79 Å². The minimum Gasteiger partial charge on any atom is -0.334 e. The van der Waals surface area contributed by atoms with Gasteiger partial charge in [-0.3, -0.25) is 9.89 Å². The highest BCUT2D eigenvalue weighted by Gasteiger charge is 2.42. The van der Waals surface area contributed by atoms with Gasteiger partial charge in [-0.1, -0.05) is 43.2 Å². The van der Waals surface area contributed by atoms with Crippen molar-refractivity contribution in [2.45, 2.75) is 63.3 Å². The van der Waals surface area contributed by atoms with Crippen molar-refractivity contribution in [1.29, 1.82) is 0 Å². The number of likely N-dealkylation sites (tertiary alicyclic amines) is 1. The highest BCUT2D eigenvalue weighted by Crippen LogP contribution is 2.44. The first-order valence-corrected chi connectivity index (χ1v) is 10.2. The first-order valence-electron chi connectivity index (χ1n) is 10.2. The maximum absolute atomic E-state index is 13.4. The Morgan fingerprint density at radius 1 is 1.04 bits per heavy atom. The van der Waals surface area contributed by atoms with Crippen LogP contribution in [0.1, 0.15) is 71.8 Å². The fraction of sp³-hybridized carbons (Fsp3) is 0.545. The molecule has 2 heterocycles. The van der Waals surface area contributed by atoms with Gasteiger partial charge in [0.1, 0.15) is 0 Å². The van der Waals surface area contributed by atoms with E-state index >= 15 is 0 Å². The van der Waals surface area contributed by atoms with Crippen molar-refractivity contribution in [1.82, 2.24) is 15.1 Å². The number of carbonyl (C=O) groups is 1. The van der Waals surface area contributed by atoms with E-state index in [0.717, 1.165) is 38.6 Å². The van der Waals surface area contributed by atoms with Crippen molar-refractivity contribution in [2.24, 2.45) is 5.92 Å². The normalized spacial score (nSPS) is 27.8. The van der Waals surface area contributed by atoms with E-state index < -0.39 is 0 Å². The number of nitrogens with one attached hydrogen (secondary N) is 1. The third-order valence-electron chi connectivity index (χ3n) is 6.88. The van der Waals surface area contributed by atoms with Crippen molar-refractivity contribution < 1.29 is 4.79 Å². The lowest BCUT2D eigenvalue weighted by molar-refractivity contribution is 0.0313. The number of piperidine rings is 1. The summed E-state index contributed by atoms with van der Waals surface area (Å²) in [5.74, 6) is 1.36. The van der Waals surface area contributed by atoms with Gasteiger partial charge >= 0.3 is 0 Å². The van der Waals surface area contributed by atoms with E-state index in [1.165, 1.54) is 36.1 Å². The average molecular weight is 349 g/mol. The molecule has 1 saturated carbocycles. The van der Waals surface area contributed by atoms with Crippen LogP contribution >= 0.6 is 0 Å². The average Bonchev–Trinajstić information content (AvgIpc) is 3.31. The number of aromatic amines is 1. The molecule has 4 nitrogen and oxygen atoms in total. The van der Waals surface area contributed by atoms with E-state index in [2.05, 4.69) is 45.4 Å². The summed E-state index contributed by atoms with van der Waals surface area (Å²) < 4.78 is 0. The van der Waals surface area contributed by atoms with Crippen molar-refractivity contribution in [3.8, 4) is 0 Å². The van der Waals surface area contributed by atoms with Crippen molar-refractivity contribution >= 4 is 5.91 Å². The standard InChI is InChI=1S/C22H27N3O/c26-22(21-18-10-6-11-19(18)23-24-21)25-14-13-16(15-7-2-1-3-8-15)17-9-4-5-12-20(17)25/h1-3,7-8,16-17,20H,4-6,9-14H2,(H,23,24)/t16-,17-,20-/m1/s1. The molecule has 1 aromatic heterocycles. The molecule has 1 N–H and O–H groups in total. The van der Waals surface area contributed by atoms with Gasteiger partial charge < -0.3 is 4.90 Å². The maximum Gasteiger partial charge on any atom is 0.274 e. The van der Waals surface area contributed by atoms with Crippen LogP contribution in [-0.4, -0.2) is 33.6 Å². The Hall–Kier alpha value is -2.10. The predicted molar refractivity (Wildman–Crippen MR) is 101 cm³/mol. The van der Waals surface area contributed by atoms with Crippen LogP contribution in [0.2, 0.25) is 0 Å². The summed E-state index contributed by atoms with van der Waals surface area (Å²) in [6, 6.07) is 11.3.